The highest BCUT2D eigenvalue weighted by atomic mass is 32.2. The molecule has 10 heteroatoms. The third kappa shape index (κ3) is 13.3. The van der Waals surface area contributed by atoms with Crippen LogP contribution in [-0.2, 0) is 32.4 Å². The van der Waals surface area contributed by atoms with Gasteiger partial charge in [0.05, 0.1) is 12.2 Å². The van der Waals surface area contributed by atoms with Crippen LogP contribution in [0.2, 0.25) is 0 Å². The van der Waals surface area contributed by atoms with Crippen LogP contribution in [0.15, 0.2) is 53.4 Å². The summed E-state index contributed by atoms with van der Waals surface area (Å²) in [4.78, 5) is 14.0. The molecule has 0 heterocycles. The number of methoxy groups -OCH3 is 1. The Morgan fingerprint density at radius 2 is 1.46 bits per heavy atom. The summed E-state index contributed by atoms with van der Waals surface area (Å²) < 4.78 is 74.8. The molecule has 0 aliphatic rings. The zero-order valence-corrected chi connectivity index (χ0v) is 25.1. The lowest BCUT2D eigenvalue weighted by molar-refractivity contribution is -0.137. The number of hydrogen-bond donors (Lipinski definition) is 0. The van der Waals surface area contributed by atoms with Crippen molar-refractivity contribution in [1.82, 2.24) is 4.90 Å². The van der Waals surface area contributed by atoms with Crippen molar-refractivity contribution in [1.29, 1.82) is 0 Å². The first kappa shape index (κ1) is 34.6. The van der Waals surface area contributed by atoms with Crippen molar-refractivity contribution in [3.05, 3.63) is 59.7 Å². The van der Waals surface area contributed by atoms with E-state index >= 15 is 0 Å². The van der Waals surface area contributed by atoms with E-state index in [0.29, 0.717) is 31.2 Å². The van der Waals surface area contributed by atoms with Crippen LogP contribution in [0.4, 0.5) is 13.2 Å². The number of nitrogens with zero attached hydrogens (tertiary/aromatic N) is 1. The minimum atomic E-state index is -4.68. The second-order valence-corrected chi connectivity index (χ2v) is 11.9. The average Bonchev–Trinajstić information content (AvgIpc) is 2.93. The second-order valence-electron chi connectivity index (χ2n) is 10.3. The molecule has 0 saturated carbocycles. The zero-order valence-electron chi connectivity index (χ0n) is 24.3. The highest BCUT2D eigenvalue weighted by Crippen LogP contribution is 2.31. The maximum absolute atomic E-state index is 13.0. The molecule has 0 unspecified atom stereocenters. The lowest BCUT2D eigenvalue weighted by atomic mass is 10.0. The Labute approximate surface area is 243 Å². The van der Waals surface area contributed by atoms with Gasteiger partial charge in [-0.25, -0.2) is 0 Å². The van der Waals surface area contributed by atoms with Gasteiger partial charge in [0, 0.05) is 26.6 Å². The number of carbonyl (C=O) groups excluding carboxylic acids is 1. The molecular formula is C31H44F3NO5S. The predicted molar refractivity (Wildman–Crippen MR) is 154 cm³/mol. The van der Waals surface area contributed by atoms with Crippen LogP contribution < -0.4 is 4.18 Å². The van der Waals surface area contributed by atoms with Crippen molar-refractivity contribution >= 4 is 16.0 Å². The quantitative estimate of drug-likeness (QED) is 0.113. The third-order valence-electron chi connectivity index (χ3n) is 6.84. The van der Waals surface area contributed by atoms with Gasteiger partial charge in [-0.05, 0) is 42.3 Å². The molecule has 0 N–H and O–H groups in total. The van der Waals surface area contributed by atoms with E-state index in [0.717, 1.165) is 37.5 Å². The molecule has 0 saturated heterocycles. The Kier molecular flexibility index (Phi) is 15.2. The van der Waals surface area contributed by atoms with Crippen LogP contribution in [0.25, 0.3) is 0 Å². The normalized spacial score (nSPS) is 11.9. The molecule has 41 heavy (non-hydrogen) atoms. The van der Waals surface area contributed by atoms with Crippen LogP contribution >= 0.6 is 0 Å². The van der Waals surface area contributed by atoms with E-state index in [9.17, 15) is 26.4 Å². The molecule has 2 aromatic rings. The van der Waals surface area contributed by atoms with Crippen molar-refractivity contribution in [2.24, 2.45) is 0 Å². The van der Waals surface area contributed by atoms with Gasteiger partial charge in [-0.2, -0.15) is 21.6 Å². The van der Waals surface area contributed by atoms with E-state index < -0.39 is 26.8 Å². The first-order chi connectivity index (χ1) is 19.6. The highest BCUT2D eigenvalue weighted by Gasteiger charge is 2.32. The molecule has 2 aromatic carbocycles. The molecule has 2 rings (SSSR count). The van der Waals surface area contributed by atoms with Gasteiger partial charge in [0.15, 0.2) is 0 Å². The van der Waals surface area contributed by atoms with E-state index in [4.69, 9.17) is 8.92 Å². The van der Waals surface area contributed by atoms with E-state index in [1.165, 1.54) is 63.5 Å². The summed E-state index contributed by atoms with van der Waals surface area (Å²) in [5.41, 5.74) is -0.453. The molecule has 1 amide bonds. The molecule has 0 radical (unpaired) electrons. The Morgan fingerprint density at radius 1 is 0.854 bits per heavy atom. The molecular weight excluding hydrogens is 555 g/mol. The number of halogens is 3. The van der Waals surface area contributed by atoms with Gasteiger partial charge >= 0.3 is 16.3 Å². The van der Waals surface area contributed by atoms with Gasteiger partial charge in [-0.1, -0.05) is 89.3 Å². The highest BCUT2D eigenvalue weighted by molar-refractivity contribution is 7.87. The van der Waals surface area contributed by atoms with Crippen LogP contribution in [0.3, 0.4) is 0 Å². The molecule has 0 bridgehead atoms. The van der Waals surface area contributed by atoms with Gasteiger partial charge in [-0.3, -0.25) is 4.79 Å². The summed E-state index contributed by atoms with van der Waals surface area (Å²) in [6, 6.07) is 9.59. The topological polar surface area (TPSA) is 72.9 Å². The number of ether oxygens (including phenoxy) is 1. The standard InChI is InChI=1S/C31H44F3NO5S/c1-3-4-5-6-7-8-9-10-11-12-13-20-30(36)35(21-22-39-2)25-26-16-14-18-28(23-26)40-41(37,38)29-19-15-17-27(24-29)31(32,33)34/h14-19,23-24H,3-13,20-22,25H2,1-2H3. The minimum absolute atomic E-state index is 0.0131. The lowest BCUT2D eigenvalue weighted by Crippen LogP contribution is -2.33. The second kappa shape index (κ2) is 18.1. The maximum Gasteiger partial charge on any atom is 0.416 e. The zero-order chi connectivity index (χ0) is 30.1. The lowest BCUT2D eigenvalue weighted by Gasteiger charge is -2.23. The van der Waals surface area contributed by atoms with E-state index in [1.54, 1.807) is 24.1 Å². The average molecular weight is 600 g/mol. The molecule has 0 aliphatic heterocycles. The molecule has 230 valence electrons. The van der Waals surface area contributed by atoms with Crippen LogP contribution in [0.5, 0.6) is 5.75 Å². The number of carbonyl (C=O) groups is 1. The van der Waals surface area contributed by atoms with Crippen molar-refractivity contribution in [3.8, 4) is 5.75 Å². The van der Waals surface area contributed by atoms with Crippen molar-refractivity contribution in [2.45, 2.75) is 102 Å². The van der Waals surface area contributed by atoms with Crippen molar-refractivity contribution in [3.63, 3.8) is 0 Å². The van der Waals surface area contributed by atoms with Gasteiger partial charge < -0.3 is 13.8 Å². The summed E-state index contributed by atoms with van der Waals surface area (Å²) in [6.07, 6.45) is 8.88. The maximum atomic E-state index is 13.0. The summed E-state index contributed by atoms with van der Waals surface area (Å²) in [7, 11) is -2.95. The molecule has 0 spiro atoms. The fourth-order valence-corrected chi connectivity index (χ4v) is 5.48. The van der Waals surface area contributed by atoms with Gasteiger partial charge in [-0.15, -0.1) is 0 Å². The van der Waals surface area contributed by atoms with Crippen LogP contribution in [-0.4, -0.2) is 39.5 Å². The van der Waals surface area contributed by atoms with Crippen molar-refractivity contribution < 1.29 is 35.3 Å². The summed E-state index contributed by atoms with van der Waals surface area (Å²) in [5.74, 6) is -0.0645. The monoisotopic (exact) mass is 599 g/mol. The smallest absolute Gasteiger partial charge is 0.383 e. The molecule has 0 aromatic heterocycles. The number of amides is 1. The first-order valence-electron chi connectivity index (χ1n) is 14.5. The fraction of sp³-hybridized carbons (Fsp3) is 0.581. The number of hydrogen-bond acceptors (Lipinski definition) is 5. The third-order valence-corrected chi connectivity index (χ3v) is 8.08. The van der Waals surface area contributed by atoms with Gasteiger partial charge in [0.25, 0.3) is 0 Å². The van der Waals surface area contributed by atoms with Crippen LogP contribution in [0, 0.1) is 0 Å². The number of alkyl halides is 3. The van der Waals surface area contributed by atoms with Crippen LogP contribution in [0.1, 0.15) is 95.1 Å². The summed E-state index contributed by atoms with van der Waals surface area (Å²) in [6.45, 7) is 3.17. The SMILES string of the molecule is CCCCCCCCCCCCCC(=O)N(CCOC)Cc1cccc(OS(=O)(=O)c2cccc(C(F)(F)F)c2)c1. The van der Waals surface area contributed by atoms with E-state index in [1.807, 2.05) is 0 Å². The summed E-state index contributed by atoms with van der Waals surface area (Å²) >= 11 is 0. The molecule has 0 atom stereocenters. The van der Waals surface area contributed by atoms with Gasteiger partial charge in [0.2, 0.25) is 5.91 Å². The number of rotatable bonds is 20. The minimum Gasteiger partial charge on any atom is -0.383 e. The largest absolute Gasteiger partial charge is 0.416 e. The number of unbranched alkanes of at least 4 members (excludes halogenated alkanes) is 10. The van der Waals surface area contributed by atoms with E-state index in [2.05, 4.69) is 6.92 Å². The Morgan fingerprint density at radius 3 is 2.07 bits per heavy atom. The van der Waals surface area contributed by atoms with Crippen molar-refractivity contribution in [2.75, 3.05) is 20.3 Å². The Balaban J connectivity index is 1.90. The predicted octanol–water partition coefficient (Wildman–Crippen LogP) is 8.15. The Bertz CT molecular complexity index is 1150. The van der Waals surface area contributed by atoms with E-state index in [-0.39, 0.29) is 18.2 Å². The van der Waals surface area contributed by atoms with Gasteiger partial charge in [0.1, 0.15) is 10.6 Å². The Hall–Kier alpha value is -2.59. The fourth-order valence-electron chi connectivity index (χ4n) is 4.51. The molecule has 0 fully saturated rings. The molecule has 6 nitrogen and oxygen atoms in total. The first-order valence-corrected chi connectivity index (χ1v) is 15.9. The molecule has 0 aliphatic carbocycles. The summed E-state index contributed by atoms with van der Waals surface area (Å²) in [5, 5.41) is 0. The number of benzene rings is 2.